The van der Waals surface area contributed by atoms with Gasteiger partial charge >= 0.3 is 0 Å². The smallest absolute Gasteiger partial charge is 0.242 e. The van der Waals surface area contributed by atoms with E-state index in [9.17, 15) is 13.2 Å². The van der Waals surface area contributed by atoms with Crippen LogP contribution in [0, 0.1) is 17.8 Å². The second kappa shape index (κ2) is 8.88. The molecule has 6 nitrogen and oxygen atoms in total. The zero-order valence-electron chi connectivity index (χ0n) is 17.9. The molecule has 0 aromatic heterocycles. The number of halogens is 1. The van der Waals surface area contributed by atoms with Crippen LogP contribution in [0.4, 0.5) is 5.69 Å². The number of carbonyl (C=O) groups is 1. The number of piperidine rings is 1. The van der Waals surface area contributed by atoms with Crippen LogP contribution in [0.25, 0.3) is 0 Å². The normalized spacial score (nSPS) is 24.8. The molecule has 0 radical (unpaired) electrons. The first kappa shape index (κ1) is 22.2. The summed E-state index contributed by atoms with van der Waals surface area (Å²) in [5.41, 5.74) is 1.51. The van der Waals surface area contributed by atoms with Crippen molar-refractivity contribution < 1.29 is 13.2 Å². The average molecular weight is 498 g/mol. The Bertz CT molecular complexity index is 906. The summed E-state index contributed by atoms with van der Waals surface area (Å²) in [6.45, 7) is 8.62. The molecule has 30 heavy (non-hydrogen) atoms. The number of hydrogen-bond acceptors (Lipinski definition) is 4. The molecule has 0 bridgehead atoms. The topological polar surface area (TPSA) is 69.7 Å². The van der Waals surface area contributed by atoms with E-state index in [4.69, 9.17) is 0 Å². The molecule has 0 spiro atoms. The van der Waals surface area contributed by atoms with Gasteiger partial charge in [0.05, 0.1) is 5.69 Å². The van der Waals surface area contributed by atoms with Crippen molar-refractivity contribution in [3.05, 3.63) is 22.2 Å². The Morgan fingerprint density at radius 2 is 1.90 bits per heavy atom. The van der Waals surface area contributed by atoms with Gasteiger partial charge in [0.1, 0.15) is 4.90 Å². The number of benzene rings is 1. The number of rotatable bonds is 7. The molecule has 166 valence electrons. The number of nitrogens with one attached hydrogen (secondary N) is 1. The van der Waals surface area contributed by atoms with Crippen LogP contribution in [-0.4, -0.2) is 51.9 Å². The lowest BCUT2D eigenvalue weighted by molar-refractivity contribution is -0.119. The lowest BCUT2D eigenvalue weighted by Crippen LogP contribution is -2.40. The van der Waals surface area contributed by atoms with Crippen LogP contribution < -0.4 is 9.62 Å². The summed E-state index contributed by atoms with van der Waals surface area (Å²) in [6.07, 6.45) is 4.57. The van der Waals surface area contributed by atoms with Gasteiger partial charge in [0.25, 0.3) is 0 Å². The Balaban J connectivity index is 1.43. The molecule has 2 heterocycles. The summed E-state index contributed by atoms with van der Waals surface area (Å²) < 4.78 is 29.9. The number of carbonyl (C=O) groups excluding carboxylic acids is 1. The fraction of sp³-hybridized carbons (Fsp3) is 0.682. The van der Waals surface area contributed by atoms with E-state index in [1.807, 2.05) is 6.07 Å². The van der Waals surface area contributed by atoms with Crippen LogP contribution in [0.2, 0.25) is 0 Å². The maximum Gasteiger partial charge on any atom is 0.242 e. The number of sulfonamides is 1. The molecule has 1 aliphatic carbocycles. The van der Waals surface area contributed by atoms with Crippen molar-refractivity contribution in [1.29, 1.82) is 0 Å². The third kappa shape index (κ3) is 4.92. The van der Waals surface area contributed by atoms with E-state index in [1.54, 1.807) is 11.0 Å². The highest BCUT2D eigenvalue weighted by atomic mass is 79.9. The summed E-state index contributed by atoms with van der Waals surface area (Å²) in [6, 6.07) is 3.57. The number of fused-ring (bicyclic) bond motifs is 1. The van der Waals surface area contributed by atoms with E-state index < -0.39 is 10.0 Å². The van der Waals surface area contributed by atoms with Crippen LogP contribution in [0.3, 0.4) is 0 Å². The molecule has 2 aliphatic heterocycles. The molecule has 4 rings (SSSR count). The fourth-order valence-electron chi connectivity index (χ4n) is 5.01. The van der Waals surface area contributed by atoms with Crippen LogP contribution in [0.1, 0.15) is 45.1 Å². The summed E-state index contributed by atoms with van der Waals surface area (Å²) in [4.78, 5) is 17.1. The van der Waals surface area contributed by atoms with E-state index >= 15 is 0 Å². The highest BCUT2D eigenvalue weighted by Gasteiger charge is 2.39. The molecule has 1 N–H and O–H groups in total. The SMILES string of the molecule is C[C@@H]1C[C@@H](C)CN(CCCNS(=O)(=O)c2cc(Br)cc3c2N(C(=O)C2CC2)CC3)C1. The lowest BCUT2D eigenvalue weighted by atomic mass is 9.92. The predicted octanol–water partition coefficient (Wildman–Crippen LogP) is 3.39. The van der Waals surface area contributed by atoms with E-state index in [2.05, 4.69) is 39.4 Å². The second-order valence-electron chi connectivity index (χ2n) is 9.38. The Morgan fingerprint density at radius 1 is 1.20 bits per heavy atom. The van der Waals surface area contributed by atoms with E-state index in [0.29, 0.717) is 37.0 Å². The number of anilines is 1. The van der Waals surface area contributed by atoms with Gasteiger partial charge in [-0.05, 0) is 68.2 Å². The first-order valence-corrected chi connectivity index (χ1v) is 13.4. The minimum atomic E-state index is -3.70. The van der Waals surface area contributed by atoms with Crippen molar-refractivity contribution in [2.45, 2.75) is 50.8 Å². The number of hydrogen-bond donors (Lipinski definition) is 1. The molecule has 3 aliphatic rings. The first-order valence-electron chi connectivity index (χ1n) is 11.1. The van der Waals surface area contributed by atoms with Gasteiger partial charge in [-0.1, -0.05) is 29.8 Å². The quantitative estimate of drug-likeness (QED) is 0.586. The summed E-state index contributed by atoms with van der Waals surface area (Å²) >= 11 is 3.45. The maximum absolute atomic E-state index is 13.2. The van der Waals surface area contributed by atoms with Gasteiger partial charge in [0.15, 0.2) is 0 Å². The number of likely N-dealkylation sites (tertiary alicyclic amines) is 1. The summed E-state index contributed by atoms with van der Waals surface area (Å²) in [5, 5.41) is 0. The van der Waals surface area contributed by atoms with Crippen molar-refractivity contribution in [1.82, 2.24) is 9.62 Å². The Labute approximate surface area is 188 Å². The highest BCUT2D eigenvalue weighted by Crippen LogP contribution is 2.41. The van der Waals surface area contributed by atoms with Crippen molar-refractivity contribution in [2.75, 3.05) is 37.6 Å². The Kier molecular flexibility index (Phi) is 6.59. The molecule has 1 saturated heterocycles. The standard InChI is InChI=1S/C22H32BrN3O3S/c1-15-10-16(2)14-25(13-15)8-3-7-24-30(28,29)20-12-19(23)11-18-6-9-26(21(18)20)22(27)17-4-5-17/h11-12,15-17,24H,3-10,13-14H2,1-2H3/t15-,16-/m1/s1. The van der Waals surface area contributed by atoms with Crippen LogP contribution in [0.15, 0.2) is 21.5 Å². The molecular formula is C22H32BrN3O3S. The van der Waals surface area contributed by atoms with Crippen molar-refractivity contribution in [2.24, 2.45) is 17.8 Å². The van der Waals surface area contributed by atoms with Gasteiger partial charge in [0.2, 0.25) is 15.9 Å². The van der Waals surface area contributed by atoms with Gasteiger partial charge in [-0.25, -0.2) is 13.1 Å². The van der Waals surface area contributed by atoms with E-state index in [0.717, 1.165) is 48.9 Å². The molecule has 1 aromatic carbocycles. The largest absolute Gasteiger partial charge is 0.310 e. The lowest BCUT2D eigenvalue weighted by Gasteiger charge is -2.34. The van der Waals surface area contributed by atoms with Crippen molar-refractivity contribution in [3.8, 4) is 0 Å². The third-order valence-corrected chi connectivity index (χ3v) is 8.30. The second-order valence-corrected chi connectivity index (χ2v) is 12.0. The molecule has 1 amide bonds. The zero-order chi connectivity index (χ0) is 21.5. The summed E-state index contributed by atoms with van der Waals surface area (Å²) in [7, 11) is -3.70. The maximum atomic E-state index is 13.2. The van der Waals surface area contributed by atoms with Crippen molar-refractivity contribution in [3.63, 3.8) is 0 Å². The van der Waals surface area contributed by atoms with E-state index in [1.165, 1.54) is 6.42 Å². The monoisotopic (exact) mass is 497 g/mol. The van der Waals surface area contributed by atoms with Crippen LogP contribution in [-0.2, 0) is 21.2 Å². The molecule has 1 aromatic rings. The molecule has 1 saturated carbocycles. The Morgan fingerprint density at radius 3 is 2.57 bits per heavy atom. The minimum absolute atomic E-state index is 0.0671. The summed E-state index contributed by atoms with van der Waals surface area (Å²) in [5.74, 6) is 1.53. The van der Waals surface area contributed by atoms with Gasteiger partial charge < -0.3 is 9.80 Å². The van der Waals surface area contributed by atoms with Gasteiger partial charge in [-0.15, -0.1) is 0 Å². The van der Waals surface area contributed by atoms with Gasteiger partial charge in [0, 0.05) is 36.6 Å². The van der Waals surface area contributed by atoms with Gasteiger partial charge in [-0.3, -0.25) is 4.79 Å². The number of nitrogens with zero attached hydrogens (tertiary/aromatic N) is 2. The van der Waals surface area contributed by atoms with Gasteiger partial charge in [-0.2, -0.15) is 0 Å². The van der Waals surface area contributed by atoms with Crippen molar-refractivity contribution >= 4 is 37.5 Å². The molecule has 8 heteroatoms. The fourth-order valence-corrected chi connectivity index (χ4v) is 7.01. The predicted molar refractivity (Wildman–Crippen MR) is 122 cm³/mol. The highest BCUT2D eigenvalue weighted by molar-refractivity contribution is 9.10. The van der Waals surface area contributed by atoms with Crippen LogP contribution in [0.5, 0.6) is 0 Å². The number of amides is 1. The average Bonchev–Trinajstić information content (AvgIpc) is 3.43. The molecule has 0 unspecified atom stereocenters. The first-order chi connectivity index (χ1) is 14.2. The van der Waals surface area contributed by atoms with E-state index in [-0.39, 0.29) is 16.7 Å². The third-order valence-electron chi connectivity index (χ3n) is 6.36. The molecular weight excluding hydrogens is 466 g/mol. The van der Waals surface area contributed by atoms with Crippen LogP contribution >= 0.6 is 15.9 Å². The minimum Gasteiger partial charge on any atom is -0.310 e. The molecule has 2 fully saturated rings. The zero-order valence-corrected chi connectivity index (χ0v) is 20.3. The molecule has 2 atom stereocenters. The Hall–Kier alpha value is -0.960.